The maximum Gasteiger partial charge on any atom is 0.472 e. The average Bonchev–Trinajstić information content (AvgIpc) is 1.88. The van der Waals surface area contributed by atoms with Gasteiger partial charge in [-0.2, -0.15) is 0 Å². The van der Waals surface area contributed by atoms with E-state index in [0.29, 0.717) is 25.7 Å². The summed E-state index contributed by atoms with van der Waals surface area (Å²) in [7, 11) is -9.91. The smallest absolute Gasteiger partial charge is 0.462 e. The molecule has 0 aliphatic carbocycles. The second kappa shape index (κ2) is 66.8. The van der Waals surface area contributed by atoms with E-state index in [0.717, 1.165) is 115 Å². The summed E-state index contributed by atoms with van der Waals surface area (Å²) >= 11 is 0. The number of esters is 4. The van der Waals surface area contributed by atoms with Gasteiger partial charge >= 0.3 is 39.5 Å². The van der Waals surface area contributed by atoms with E-state index in [9.17, 15) is 43.2 Å². The monoisotopic (exact) mass is 1360 g/mol. The molecule has 19 heteroatoms. The Morgan fingerprint density at radius 1 is 0.333 bits per heavy atom. The van der Waals surface area contributed by atoms with Gasteiger partial charge in [-0.15, -0.1) is 0 Å². The molecule has 5 atom stereocenters. The minimum absolute atomic E-state index is 0.101. The molecule has 0 bridgehead atoms. The van der Waals surface area contributed by atoms with Gasteiger partial charge in [0.25, 0.3) is 0 Å². The third-order valence-electron chi connectivity index (χ3n) is 16.7. The lowest BCUT2D eigenvalue weighted by Crippen LogP contribution is -2.30. The molecule has 0 aliphatic rings. The normalized spacial score (nSPS) is 14.2. The SMILES string of the molecule is CCCCCC/C=C\C=C/CCCCCCCC(=O)OC[C@H](COP(=O)(O)OC[C@@H](O)COP(=O)(O)OC[C@@H](COC(=O)CCCCCCCCCCC)OC(=O)CCCCCCCCCCCCCC)OC(=O)CCCCCCCCCCCCCCCCC(C)C. The topological polar surface area (TPSA) is 237 Å². The maximum absolute atomic E-state index is 13.1. The maximum atomic E-state index is 13.1. The van der Waals surface area contributed by atoms with Crippen LogP contribution in [0.4, 0.5) is 0 Å². The lowest BCUT2D eigenvalue weighted by Gasteiger charge is -2.21. The minimum Gasteiger partial charge on any atom is -0.462 e. The predicted octanol–water partition coefficient (Wildman–Crippen LogP) is 21.2. The highest BCUT2D eigenvalue weighted by atomic mass is 31.2. The molecule has 0 radical (unpaired) electrons. The zero-order valence-electron chi connectivity index (χ0n) is 59.9. The van der Waals surface area contributed by atoms with Gasteiger partial charge in [0, 0.05) is 25.7 Å². The first-order chi connectivity index (χ1) is 45.0. The van der Waals surface area contributed by atoms with Crippen LogP contribution in [0.3, 0.4) is 0 Å². The Hall–Kier alpha value is -2.46. The quantitative estimate of drug-likeness (QED) is 0.0169. The Morgan fingerprint density at radius 3 is 0.882 bits per heavy atom. The molecule has 0 aromatic carbocycles. The van der Waals surface area contributed by atoms with E-state index in [1.165, 1.54) is 167 Å². The molecule has 0 aromatic rings. The van der Waals surface area contributed by atoms with E-state index >= 15 is 0 Å². The van der Waals surface area contributed by atoms with Crippen molar-refractivity contribution < 1.29 is 80.2 Å². The first kappa shape index (κ1) is 90.5. The van der Waals surface area contributed by atoms with Gasteiger partial charge in [-0.25, -0.2) is 9.13 Å². The van der Waals surface area contributed by atoms with Crippen LogP contribution in [0.1, 0.15) is 362 Å². The minimum atomic E-state index is -4.96. The van der Waals surface area contributed by atoms with E-state index < -0.39 is 97.5 Å². The first-order valence-corrected chi connectivity index (χ1v) is 40.9. The van der Waals surface area contributed by atoms with Crippen molar-refractivity contribution in [3.05, 3.63) is 24.3 Å². The molecule has 0 rings (SSSR count). The van der Waals surface area contributed by atoms with Crippen molar-refractivity contribution >= 4 is 39.5 Å². The highest BCUT2D eigenvalue weighted by molar-refractivity contribution is 7.47. The van der Waals surface area contributed by atoms with E-state index in [1.807, 2.05) is 0 Å². The number of carbonyl (C=O) groups excluding carboxylic acids is 4. The van der Waals surface area contributed by atoms with Crippen LogP contribution in [0, 0.1) is 5.92 Å². The van der Waals surface area contributed by atoms with Crippen molar-refractivity contribution in [3.63, 3.8) is 0 Å². The van der Waals surface area contributed by atoms with Crippen molar-refractivity contribution in [2.45, 2.75) is 380 Å². The number of aliphatic hydroxyl groups excluding tert-OH is 1. The summed E-state index contributed by atoms with van der Waals surface area (Å²) in [6, 6.07) is 0. The molecule has 3 N–H and O–H groups in total. The van der Waals surface area contributed by atoms with Crippen LogP contribution < -0.4 is 0 Å². The van der Waals surface area contributed by atoms with Crippen LogP contribution in [0.5, 0.6) is 0 Å². The fraction of sp³-hybridized carbons (Fsp3) is 0.892. The fourth-order valence-electron chi connectivity index (χ4n) is 10.8. The molecule has 0 aliphatic heterocycles. The van der Waals surface area contributed by atoms with E-state index in [1.54, 1.807) is 0 Å². The van der Waals surface area contributed by atoms with Crippen LogP contribution in [0.15, 0.2) is 24.3 Å². The Morgan fingerprint density at radius 2 is 0.581 bits per heavy atom. The van der Waals surface area contributed by atoms with Crippen LogP contribution >= 0.6 is 15.6 Å². The van der Waals surface area contributed by atoms with Gasteiger partial charge < -0.3 is 33.8 Å². The van der Waals surface area contributed by atoms with E-state index in [-0.39, 0.29) is 25.7 Å². The molecule has 17 nitrogen and oxygen atoms in total. The molecule has 0 spiro atoms. The second-order valence-corrected chi connectivity index (χ2v) is 29.4. The van der Waals surface area contributed by atoms with Crippen molar-refractivity contribution in [1.82, 2.24) is 0 Å². The molecule has 0 aromatic heterocycles. The molecule has 548 valence electrons. The number of allylic oxidation sites excluding steroid dienone is 4. The molecule has 93 heavy (non-hydrogen) atoms. The summed E-state index contributed by atoms with van der Waals surface area (Å²) in [5, 5.41) is 10.6. The number of rotatable bonds is 72. The van der Waals surface area contributed by atoms with Crippen molar-refractivity contribution in [2.24, 2.45) is 5.92 Å². The molecule has 0 fully saturated rings. The summed E-state index contributed by atoms with van der Waals surface area (Å²) < 4.78 is 68.4. The number of phosphoric ester groups is 2. The highest BCUT2D eigenvalue weighted by Crippen LogP contribution is 2.45. The van der Waals surface area contributed by atoms with Crippen LogP contribution in [0.2, 0.25) is 0 Å². The summed E-state index contributed by atoms with van der Waals surface area (Å²) in [5.74, 6) is -1.35. The van der Waals surface area contributed by atoms with E-state index in [4.69, 9.17) is 37.0 Å². The molecular weight excluding hydrogens is 1220 g/mol. The fourth-order valence-corrected chi connectivity index (χ4v) is 12.4. The third-order valence-corrected chi connectivity index (χ3v) is 18.6. The van der Waals surface area contributed by atoms with Gasteiger partial charge in [0.2, 0.25) is 0 Å². The van der Waals surface area contributed by atoms with Crippen LogP contribution in [-0.4, -0.2) is 96.7 Å². The molecule has 0 heterocycles. The number of unbranched alkanes of at least 4 members (excludes halogenated alkanes) is 41. The van der Waals surface area contributed by atoms with Gasteiger partial charge in [-0.1, -0.05) is 309 Å². The van der Waals surface area contributed by atoms with E-state index in [2.05, 4.69) is 58.9 Å². The largest absolute Gasteiger partial charge is 0.472 e. The zero-order valence-corrected chi connectivity index (χ0v) is 61.7. The summed E-state index contributed by atoms with van der Waals surface area (Å²) in [5.41, 5.74) is 0. The highest BCUT2D eigenvalue weighted by Gasteiger charge is 2.30. The van der Waals surface area contributed by atoms with Gasteiger partial charge in [-0.3, -0.25) is 37.3 Å². The Balaban J connectivity index is 5.27. The Labute approximate surface area is 567 Å². The first-order valence-electron chi connectivity index (χ1n) is 38.0. The number of hydrogen-bond acceptors (Lipinski definition) is 15. The van der Waals surface area contributed by atoms with Crippen LogP contribution in [-0.2, 0) is 65.4 Å². The average molecular weight is 1360 g/mol. The van der Waals surface area contributed by atoms with Crippen LogP contribution in [0.25, 0.3) is 0 Å². The molecular formula is C74H140O17P2. The molecule has 2 unspecified atom stereocenters. The van der Waals surface area contributed by atoms with Crippen molar-refractivity contribution in [2.75, 3.05) is 39.6 Å². The summed E-state index contributed by atoms with van der Waals surface area (Å²) in [6.45, 7) is 7.22. The number of aliphatic hydroxyl groups is 1. The van der Waals surface area contributed by atoms with Gasteiger partial charge in [0.1, 0.15) is 19.3 Å². The molecule has 0 saturated carbocycles. The zero-order chi connectivity index (χ0) is 68.4. The lowest BCUT2D eigenvalue weighted by molar-refractivity contribution is -0.161. The van der Waals surface area contributed by atoms with Gasteiger partial charge in [-0.05, 0) is 57.3 Å². The van der Waals surface area contributed by atoms with Gasteiger partial charge in [0.05, 0.1) is 26.4 Å². The lowest BCUT2D eigenvalue weighted by atomic mass is 10.0. The van der Waals surface area contributed by atoms with Crippen molar-refractivity contribution in [3.8, 4) is 0 Å². The second-order valence-electron chi connectivity index (χ2n) is 26.5. The number of phosphoric acid groups is 2. The Kier molecular flexibility index (Phi) is 65.0. The van der Waals surface area contributed by atoms with Gasteiger partial charge in [0.15, 0.2) is 12.2 Å². The predicted molar refractivity (Wildman–Crippen MR) is 377 cm³/mol. The number of carbonyl (C=O) groups is 4. The standard InChI is InChI=1S/C74H140O17P2/c1-6-9-12-15-18-21-23-25-26-30-34-38-43-48-53-58-72(77)85-64-70(91-74(79)60-55-50-45-40-35-31-28-27-29-32-37-41-46-51-56-67(4)5)66-89-93(82,83)87-62-68(75)61-86-92(80,81)88-65-69(63-84-71(76)57-52-47-42-36-20-17-14-11-8-3)90-73(78)59-54-49-44-39-33-24-22-19-16-13-10-7-2/h21,23,25-26,67-70,75H,6-20,22,24,27-66H2,1-5H3,(H,80,81)(H,82,83)/b23-21-,26-25-/t68-,69+,70+/m0/s1. The molecule has 0 saturated heterocycles. The summed E-state index contributed by atoms with van der Waals surface area (Å²) in [4.78, 5) is 72.6. The third kappa shape index (κ3) is 67.9. The number of hydrogen-bond donors (Lipinski definition) is 3. The number of ether oxygens (including phenoxy) is 4. The summed E-state index contributed by atoms with van der Waals surface area (Å²) in [6.07, 6.45) is 57.6. The molecule has 0 amide bonds. The Bertz CT molecular complexity index is 1880. The van der Waals surface area contributed by atoms with Crippen molar-refractivity contribution in [1.29, 1.82) is 0 Å².